The first-order valence-electron chi connectivity index (χ1n) is 11.4. The van der Waals surface area contributed by atoms with Gasteiger partial charge in [0.2, 0.25) is 17.7 Å². The lowest BCUT2D eigenvalue weighted by atomic mass is 10.2. The number of rotatable bonds is 6. The summed E-state index contributed by atoms with van der Waals surface area (Å²) in [5.74, 6) is 1.45. The lowest BCUT2D eigenvalue weighted by molar-refractivity contribution is 0.405. The highest BCUT2D eigenvalue weighted by Crippen LogP contribution is 2.31. The molecule has 0 bridgehead atoms. The van der Waals surface area contributed by atoms with E-state index in [0.29, 0.717) is 34.8 Å². The van der Waals surface area contributed by atoms with Gasteiger partial charge in [0.05, 0.1) is 38.4 Å². The minimum absolute atomic E-state index is 0.483. The molecule has 0 aliphatic heterocycles. The van der Waals surface area contributed by atoms with E-state index in [1.54, 1.807) is 21.3 Å². The summed E-state index contributed by atoms with van der Waals surface area (Å²) in [5.41, 5.74) is 4.47. The molecule has 0 spiro atoms. The fraction of sp³-hybridized carbons (Fsp3) is 0.100. The van der Waals surface area contributed by atoms with Gasteiger partial charge in [0, 0.05) is 16.7 Å². The highest BCUT2D eigenvalue weighted by molar-refractivity contribution is 5.98. The molecule has 4 rings (SSSR count). The third-order valence-electron chi connectivity index (χ3n) is 5.22. The maximum Gasteiger partial charge on any atom is 0.220 e. The third kappa shape index (κ3) is 6.24. The zero-order valence-corrected chi connectivity index (χ0v) is 20.5. The van der Waals surface area contributed by atoms with E-state index in [4.69, 9.17) is 29.2 Å². The van der Waals surface area contributed by atoms with E-state index in [1.807, 2.05) is 109 Å². The van der Waals surface area contributed by atoms with Crippen LogP contribution in [-0.2, 0) is 14.2 Å². The predicted molar refractivity (Wildman–Crippen MR) is 145 cm³/mol. The second kappa shape index (κ2) is 12.1. The van der Waals surface area contributed by atoms with Gasteiger partial charge >= 0.3 is 0 Å². The highest BCUT2D eigenvalue weighted by atomic mass is 16.5. The van der Waals surface area contributed by atoms with Crippen molar-refractivity contribution in [1.29, 1.82) is 0 Å². The number of hydrogen-bond acceptors (Lipinski definition) is 6. The van der Waals surface area contributed by atoms with Gasteiger partial charge in [0.15, 0.2) is 0 Å². The van der Waals surface area contributed by atoms with E-state index in [1.165, 1.54) is 0 Å². The van der Waals surface area contributed by atoms with Gasteiger partial charge in [0.1, 0.15) is 0 Å². The van der Waals surface area contributed by atoms with E-state index < -0.39 is 0 Å². The summed E-state index contributed by atoms with van der Waals surface area (Å²) in [5, 5.41) is 0. The molecular formula is C30H27N3O3. The molecule has 180 valence electrons. The average molecular weight is 478 g/mol. The number of hydrogen-bond donors (Lipinski definition) is 0. The topological polar surface area (TPSA) is 64.8 Å². The van der Waals surface area contributed by atoms with Crippen molar-refractivity contribution < 1.29 is 14.2 Å². The summed E-state index contributed by atoms with van der Waals surface area (Å²) < 4.78 is 16.8. The molecule has 0 radical (unpaired) electrons. The normalized spacial score (nSPS) is 12.2. The van der Waals surface area contributed by atoms with Crippen LogP contribution >= 0.6 is 0 Å². The van der Waals surface area contributed by atoms with Crippen molar-refractivity contribution in [1.82, 2.24) is 0 Å². The molecule has 0 saturated heterocycles. The van der Waals surface area contributed by atoms with Crippen LogP contribution in [0.1, 0.15) is 16.7 Å². The Kier molecular flexibility index (Phi) is 8.22. The Morgan fingerprint density at radius 3 is 0.889 bits per heavy atom. The molecule has 4 aromatic rings. The Labute approximate surface area is 211 Å². The highest BCUT2D eigenvalue weighted by Gasteiger charge is 2.10. The second-order valence-corrected chi connectivity index (χ2v) is 7.67. The molecule has 0 unspecified atom stereocenters. The first-order chi connectivity index (χ1) is 17.7. The van der Waals surface area contributed by atoms with Crippen molar-refractivity contribution in [2.24, 2.45) is 15.0 Å². The van der Waals surface area contributed by atoms with E-state index in [9.17, 15) is 0 Å². The molecule has 0 fully saturated rings. The maximum absolute atomic E-state index is 5.59. The van der Waals surface area contributed by atoms with E-state index >= 15 is 0 Å². The molecule has 0 N–H and O–H groups in total. The van der Waals surface area contributed by atoms with Crippen molar-refractivity contribution >= 4 is 34.8 Å². The Hall–Kier alpha value is -4.71. The van der Waals surface area contributed by atoms with Gasteiger partial charge in [-0.1, -0.05) is 54.6 Å². The van der Waals surface area contributed by atoms with Crippen LogP contribution in [0.5, 0.6) is 0 Å². The van der Waals surface area contributed by atoms with Gasteiger partial charge in [-0.25, -0.2) is 15.0 Å². The zero-order chi connectivity index (χ0) is 25.2. The van der Waals surface area contributed by atoms with Crippen molar-refractivity contribution in [2.45, 2.75) is 0 Å². The molecular weight excluding hydrogens is 450 g/mol. The summed E-state index contributed by atoms with van der Waals surface area (Å²) in [7, 11) is 4.80. The molecule has 0 saturated carbocycles. The monoisotopic (exact) mass is 477 g/mol. The van der Waals surface area contributed by atoms with Crippen LogP contribution in [0, 0.1) is 0 Å². The SMILES string of the molecule is CO/C(=N\c1cc(/N=C(\OC)c2ccccc2)cc(/N=C(\OC)c2ccccc2)c1)c1ccccc1. The fourth-order valence-corrected chi connectivity index (χ4v) is 3.55. The van der Waals surface area contributed by atoms with Gasteiger partial charge in [-0.2, -0.15) is 0 Å². The lowest BCUT2D eigenvalue weighted by Gasteiger charge is -2.09. The quantitative estimate of drug-likeness (QED) is 0.225. The molecule has 0 atom stereocenters. The number of benzene rings is 4. The smallest absolute Gasteiger partial charge is 0.220 e. The van der Waals surface area contributed by atoms with Crippen molar-refractivity contribution in [3.63, 3.8) is 0 Å². The first-order valence-corrected chi connectivity index (χ1v) is 11.4. The zero-order valence-electron chi connectivity index (χ0n) is 20.5. The maximum atomic E-state index is 5.59. The van der Waals surface area contributed by atoms with Crippen LogP contribution in [0.2, 0.25) is 0 Å². The largest absolute Gasteiger partial charge is 0.481 e. The summed E-state index contributed by atoms with van der Waals surface area (Å²) in [6, 6.07) is 34.7. The summed E-state index contributed by atoms with van der Waals surface area (Å²) >= 11 is 0. The van der Waals surface area contributed by atoms with Gasteiger partial charge in [-0.3, -0.25) is 0 Å². The first kappa shape index (κ1) is 24.4. The number of aliphatic imine (C=N–C) groups is 3. The molecule has 0 aliphatic rings. The van der Waals surface area contributed by atoms with Crippen LogP contribution in [0.25, 0.3) is 0 Å². The molecule has 0 aromatic heterocycles. The van der Waals surface area contributed by atoms with Crippen LogP contribution in [-0.4, -0.2) is 39.0 Å². The Bertz CT molecular complexity index is 1180. The van der Waals surface area contributed by atoms with Crippen LogP contribution < -0.4 is 0 Å². The molecule has 0 heterocycles. The summed E-state index contributed by atoms with van der Waals surface area (Å²) in [6.45, 7) is 0. The Morgan fingerprint density at radius 2 is 0.667 bits per heavy atom. The molecule has 6 heteroatoms. The van der Waals surface area contributed by atoms with Gasteiger partial charge < -0.3 is 14.2 Å². The van der Waals surface area contributed by atoms with Crippen molar-refractivity contribution in [2.75, 3.05) is 21.3 Å². The van der Waals surface area contributed by atoms with Crippen molar-refractivity contribution in [3.05, 3.63) is 126 Å². The molecule has 36 heavy (non-hydrogen) atoms. The summed E-state index contributed by atoms with van der Waals surface area (Å²) in [4.78, 5) is 14.3. The van der Waals surface area contributed by atoms with Crippen LogP contribution in [0.3, 0.4) is 0 Å². The molecule has 0 amide bonds. The third-order valence-corrected chi connectivity index (χ3v) is 5.22. The molecule has 6 nitrogen and oxygen atoms in total. The van der Waals surface area contributed by atoms with Crippen LogP contribution in [0.15, 0.2) is 124 Å². The number of nitrogens with zero attached hydrogens (tertiary/aromatic N) is 3. The lowest BCUT2D eigenvalue weighted by Crippen LogP contribution is -2.03. The van der Waals surface area contributed by atoms with E-state index in [-0.39, 0.29) is 0 Å². The fourth-order valence-electron chi connectivity index (χ4n) is 3.55. The minimum Gasteiger partial charge on any atom is -0.481 e. The van der Waals surface area contributed by atoms with Gasteiger partial charge in [-0.15, -0.1) is 0 Å². The molecule has 0 aliphatic carbocycles. The number of methoxy groups -OCH3 is 3. The standard InChI is InChI=1S/C30H27N3O3/c1-34-28(22-13-7-4-8-14-22)31-25-19-26(32-29(35-2)23-15-9-5-10-16-23)21-27(20-25)33-30(36-3)24-17-11-6-12-18-24/h4-21H,1-3H3/b31-28-,32-29-,33-30-. The predicted octanol–water partition coefficient (Wildman–Crippen LogP) is 6.86. The molecule has 4 aromatic carbocycles. The average Bonchev–Trinajstić information content (AvgIpc) is 2.94. The second-order valence-electron chi connectivity index (χ2n) is 7.67. The van der Waals surface area contributed by atoms with Gasteiger partial charge in [-0.05, 0) is 54.6 Å². The van der Waals surface area contributed by atoms with E-state index in [2.05, 4.69) is 0 Å². The van der Waals surface area contributed by atoms with Crippen molar-refractivity contribution in [3.8, 4) is 0 Å². The summed E-state index contributed by atoms with van der Waals surface area (Å²) in [6.07, 6.45) is 0. The Balaban J connectivity index is 1.84. The number of ether oxygens (including phenoxy) is 3. The van der Waals surface area contributed by atoms with Gasteiger partial charge in [0.25, 0.3) is 0 Å². The van der Waals surface area contributed by atoms with Crippen LogP contribution in [0.4, 0.5) is 17.1 Å². The van der Waals surface area contributed by atoms with E-state index in [0.717, 1.165) is 16.7 Å². The Morgan fingerprint density at radius 1 is 0.417 bits per heavy atom. The minimum atomic E-state index is 0.483.